The summed E-state index contributed by atoms with van der Waals surface area (Å²) >= 11 is 0. The van der Waals surface area contributed by atoms with E-state index < -0.39 is 0 Å². The molecule has 0 saturated heterocycles. The third kappa shape index (κ3) is 4.96. The van der Waals surface area contributed by atoms with Crippen LogP contribution in [0.3, 0.4) is 0 Å². The maximum Gasteiger partial charge on any atom is 0.180 e. The van der Waals surface area contributed by atoms with E-state index in [0.29, 0.717) is 5.84 Å². The smallest absolute Gasteiger partial charge is 0.180 e. The monoisotopic (exact) mass is 631 g/mol. The topological polar surface area (TPSA) is 77.0 Å². The normalized spacial score (nSPS) is 12.4. The number of rotatable bonds is 5. The summed E-state index contributed by atoms with van der Waals surface area (Å²) in [6.45, 7) is 0. The minimum Gasteiger partial charge on any atom is -0.456 e. The van der Waals surface area contributed by atoms with Crippen molar-refractivity contribution in [2.45, 2.75) is 0 Å². The highest BCUT2D eigenvalue weighted by Crippen LogP contribution is 2.39. The fourth-order valence-corrected chi connectivity index (χ4v) is 6.80. The highest BCUT2D eigenvalue weighted by Gasteiger charge is 2.20. The molecule has 0 spiro atoms. The van der Waals surface area contributed by atoms with Gasteiger partial charge in [0.25, 0.3) is 0 Å². The summed E-state index contributed by atoms with van der Waals surface area (Å²) in [5, 5.41) is 8.28. The van der Waals surface area contributed by atoms with Crippen LogP contribution in [-0.4, -0.2) is 11.5 Å². The molecule has 7 aromatic carbocycles. The number of benzene rings is 7. The van der Waals surface area contributed by atoms with Crippen LogP contribution in [0.15, 0.2) is 183 Å². The van der Waals surface area contributed by atoms with Gasteiger partial charge < -0.3 is 14.7 Å². The lowest BCUT2D eigenvalue weighted by Gasteiger charge is -2.11. The zero-order chi connectivity index (χ0) is 32.7. The summed E-state index contributed by atoms with van der Waals surface area (Å²) in [6, 6.07) is 55.5. The molecular weight excluding hydrogens is 603 g/mol. The maximum atomic E-state index is 6.44. The van der Waals surface area contributed by atoms with Crippen molar-refractivity contribution in [1.82, 2.24) is 0 Å². The molecule has 2 aromatic heterocycles. The Balaban J connectivity index is 1.22. The molecule has 0 bridgehead atoms. The first-order valence-corrected chi connectivity index (χ1v) is 16.2. The first kappa shape index (κ1) is 28.5. The zero-order valence-corrected chi connectivity index (χ0v) is 26.4. The van der Waals surface area contributed by atoms with Crippen LogP contribution in [0.5, 0.6) is 0 Å². The number of para-hydroxylation sites is 1. The van der Waals surface area contributed by atoms with Crippen molar-refractivity contribution in [3.8, 4) is 22.3 Å². The van der Waals surface area contributed by atoms with Gasteiger partial charge in [0, 0.05) is 38.2 Å². The van der Waals surface area contributed by atoms with E-state index in [1.54, 1.807) is 0 Å². The number of hydrogen-bond acceptors (Lipinski definition) is 4. The van der Waals surface area contributed by atoms with Gasteiger partial charge >= 0.3 is 0 Å². The second-order valence-electron chi connectivity index (χ2n) is 12.0. The maximum absolute atomic E-state index is 6.44. The number of furan rings is 2. The first-order chi connectivity index (χ1) is 24.2. The summed E-state index contributed by atoms with van der Waals surface area (Å²) in [5.41, 5.74) is 11.1. The molecule has 0 fully saturated rings. The number of hydrogen-bond donors (Lipinski definition) is 1. The summed E-state index contributed by atoms with van der Waals surface area (Å²) < 4.78 is 12.6. The highest BCUT2D eigenvalue weighted by atomic mass is 16.3. The number of nitrogens with zero attached hydrogens (tertiary/aromatic N) is 2. The molecule has 232 valence electrons. The Hall–Kier alpha value is -6.72. The van der Waals surface area contributed by atoms with Gasteiger partial charge in [-0.2, -0.15) is 5.10 Å². The van der Waals surface area contributed by atoms with Crippen LogP contribution in [0.4, 0.5) is 0 Å². The Morgan fingerprint density at radius 1 is 0.449 bits per heavy atom. The van der Waals surface area contributed by atoms with Crippen molar-refractivity contribution in [3.05, 3.63) is 180 Å². The molecule has 5 nitrogen and oxygen atoms in total. The molecule has 9 aromatic rings. The van der Waals surface area contributed by atoms with E-state index in [1.165, 1.54) is 5.56 Å². The molecule has 2 N–H and O–H groups in total. The SMILES string of the molecule is N/N=C(\N=C(c1ccccc1)c1ccc2oc3ccccc3c2c1)c1cccc2oc3cccc(-c4ccc(-c5ccccc5)cc4)c3c12. The average Bonchev–Trinajstić information content (AvgIpc) is 3.74. The highest BCUT2D eigenvalue weighted by molar-refractivity contribution is 6.26. The van der Waals surface area contributed by atoms with Crippen LogP contribution in [0.2, 0.25) is 0 Å². The van der Waals surface area contributed by atoms with Crippen LogP contribution in [0, 0.1) is 0 Å². The van der Waals surface area contributed by atoms with Crippen molar-refractivity contribution in [1.29, 1.82) is 0 Å². The molecule has 0 aliphatic heterocycles. The summed E-state index contributed by atoms with van der Waals surface area (Å²) in [5.74, 6) is 6.62. The van der Waals surface area contributed by atoms with E-state index in [0.717, 1.165) is 83.0 Å². The summed E-state index contributed by atoms with van der Waals surface area (Å²) in [6.07, 6.45) is 0. The van der Waals surface area contributed by atoms with E-state index in [4.69, 9.17) is 19.7 Å². The van der Waals surface area contributed by atoms with Gasteiger partial charge in [-0.15, -0.1) is 0 Å². The van der Waals surface area contributed by atoms with E-state index in [1.807, 2.05) is 84.9 Å². The molecule has 0 aliphatic rings. The number of aliphatic imine (C=N–C) groups is 1. The largest absolute Gasteiger partial charge is 0.456 e. The summed E-state index contributed by atoms with van der Waals surface area (Å²) in [7, 11) is 0. The Bertz CT molecular complexity index is 2700. The van der Waals surface area contributed by atoms with Gasteiger partial charge in [0.15, 0.2) is 5.84 Å². The molecule has 49 heavy (non-hydrogen) atoms. The van der Waals surface area contributed by atoms with Crippen molar-refractivity contribution < 1.29 is 8.83 Å². The van der Waals surface area contributed by atoms with Gasteiger partial charge in [0.1, 0.15) is 22.3 Å². The van der Waals surface area contributed by atoms with Crippen LogP contribution < -0.4 is 5.84 Å². The van der Waals surface area contributed by atoms with Gasteiger partial charge in [-0.3, -0.25) is 0 Å². The number of hydrazone groups is 1. The van der Waals surface area contributed by atoms with Crippen LogP contribution in [-0.2, 0) is 0 Å². The molecule has 0 aliphatic carbocycles. The number of nitrogens with two attached hydrogens (primary N) is 1. The minimum atomic E-state index is 0.401. The van der Waals surface area contributed by atoms with Gasteiger partial charge in [0.05, 0.1) is 5.71 Å². The second-order valence-corrected chi connectivity index (χ2v) is 12.0. The number of fused-ring (bicyclic) bond motifs is 6. The fraction of sp³-hybridized carbons (Fsp3) is 0. The van der Waals surface area contributed by atoms with E-state index >= 15 is 0 Å². The van der Waals surface area contributed by atoms with Gasteiger partial charge in [-0.1, -0.05) is 127 Å². The van der Waals surface area contributed by atoms with Crippen LogP contribution in [0.1, 0.15) is 16.7 Å². The molecule has 0 amide bonds. The predicted molar refractivity (Wildman–Crippen MR) is 201 cm³/mol. The molecule has 5 heteroatoms. The van der Waals surface area contributed by atoms with Crippen molar-refractivity contribution in [2.24, 2.45) is 15.9 Å². The molecule has 0 unspecified atom stereocenters. The van der Waals surface area contributed by atoms with Crippen molar-refractivity contribution in [2.75, 3.05) is 0 Å². The standard InChI is InChI=1S/C44H29N3O2/c45-47-44(46-43(31-13-5-2-6-14-31)32-25-26-38-36(27-32)34-15-7-8-18-37(34)48-38)35-17-10-20-40-42(35)41-33(16-9-19-39(41)49-40)30-23-21-29(22-24-30)28-11-3-1-4-12-28/h1-27H,45H2/b46-43?,47-44-. The third-order valence-electron chi connectivity index (χ3n) is 9.10. The van der Waals surface area contributed by atoms with E-state index in [2.05, 4.69) is 84.0 Å². The predicted octanol–water partition coefficient (Wildman–Crippen LogP) is 11.0. The second kappa shape index (κ2) is 11.8. The lowest BCUT2D eigenvalue weighted by molar-refractivity contribution is 0.668. The van der Waals surface area contributed by atoms with Gasteiger partial charge in [-0.25, -0.2) is 4.99 Å². The molecule has 2 heterocycles. The zero-order valence-electron chi connectivity index (χ0n) is 26.4. The molecule has 0 radical (unpaired) electrons. The van der Waals surface area contributed by atoms with E-state index in [9.17, 15) is 0 Å². The Labute approximate surface area is 282 Å². The molecule has 0 saturated carbocycles. The first-order valence-electron chi connectivity index (χ1n) is 16.2. The number of amidine groups is 1. The van der Waals surface area contributed by atoms with Gasteiger partial charge in [0.2, 0.25) is 0 Å². The van der Waals surface area contributed by atoms with E-state index in [-0.39, 0.29) is 0 Å². The third-order valence-corrected chi connectivity index (χ3v) is 9.10. The lowest BCUT2D eigenvalue weighted by atomic mass is 9.95. The molecule has 9 rings (SSSR count). The van der Waals surface area contributed by atoms with Crippen molar-refractivity contribution >= 4 is 55.4 Å². The van der Waals surface area contributed by atoms with Crippen LogP contribution >= 0.6 is 0 Å². The van der Waals surface area contributed by atoms with Gasteiger partial charge in [-0.05, 0) is 58.7 Å². The Morgan fingerprint density at radius 2 is 1.06 bits per heavy atom. The fourth-order valence-electron chi connectivity index (χ4n) is 6.80. The average molecular weight is 632 g/mol. The van der Waals surface area contributed by atoms with Crippen LogP contribution in [0.25, 0.3) is 66.1 Å². The molecule has 0 atom stereocenters. The van der Waals surface area contributed by atoms with Crippen molar-refractivity contribution in [3.63, 3.8) is 0 Å². The quantitative estimate of drug-likeness (QED) is 0.0888. The summed E-state index contributed by atoms with van der Waals surface area (Å²) in [4.78, 5) is 5.23. The lowest BCUT2D eigenvalue weighted by Crippen LogP contribution is -2.10. The minimum absolute atomic E-state index is 0.401. The molecular formula is C44H29N3O2. The Morgan fingerprint density at radius 3 is 1.86 bits per heavy atom. The Kier molecular flexibility index (Phi) is 6.87.